The van der Waals surface area contributed by atoms with Crippen LogP contribution in [0.15, 0.2) is 0 Å². The lowest BCUT2D eigenvalue weighted by Crippen LogP contribution is -2.29. The van der Waals surface area contributed by atoms with Crippen LogP contribution >= 0.6 is 11.3 Å². The third-order valence-electron chi connectivity index (χ3n) is 3.37. The summed E-state index contributed by atoms with van der Waals surface area (Å²) in [7, 11) is 0. The van der Waals surface area contributed by atoms with Gasteiger partial charge in [0.15, 0.2) is 0 Å². The van der Waals surface area contributed by atoms with Gasteiger partial charge in [0.25, 0.3) is 0 Å². The molecule has 0 radical (unpaired) electrons. The number of carbonyl (C=O) groups is 2. The highest BCUT2D eigenvalue weighted by atomic mass is 32.1. The zero-order valence-electron chi connectivity index (χ0n) is 11.9. The van der Waals surface area contributed by atoms with E-state index in [1.807, 2.05) is 6.92 Å². The Labute approximate surface area is 122 Å². The number of aromatic nitrogens is 2. The molecule has 0 spiro atoms. The molecule has 0 aliphatic carbocycles. The predicted octanol–water partition coefficient (Wildman–Crippen LogP) is 1.69. The molecule has 1 N–H and O–H groups in total. The molecule has 110 valence electrons. The molecular formula is C13H20N4O2S. The van der Waals surface area contributed by atoms with Crippen molar-refractivity contribution < 1.29 is 9.59 Å². The summed E-state index contributed by atoms with van der Waals surface area (Å²) in [6.45, 7) is 5.35. The third-order valence-corrected chi connectivity index (χ3v) is 4.35. The molecule has 1 aliphatic heterocycles. The number of rotatable bonds is 6. The Morgan fingerprint density at radius 1 is 1.45 bits per heavy atom. The Kier molecular flexibility index (Phi) is 5.05. The molecule has 2 heterocycles. The van der Waals surface area contributed by atoms with Crippen molar-refractivity contribution in [3.8, 4) is 0 Å². The minimum absolute atomic E-state index is 0.0742. The first-order chi connectivity index (χ1) is 9.63. The lowest BCUT2D eigenvalue weighted by molar-refractivity contribution is -0.128. The fourth-order valence-corrected chi connectivity index (χ4v) is 2.85. The van der Waals surface area contributed by atoms with Crippen LogP contribution in [0.1, 0.15) is 38.1 Å². The number of nitrogens with one attached hydrogen (secondary N) is 1. The third kappa shape index (κ3) is 3.53. The first-order valence-corrected chi connectivity index (χ1v) is 7.86. The summed E-state index contributed by atoms with van der Waals surface area (Å²) < 4.78 is 0. The van der Waals surface area contributed by atoms with E-state index < -0.39 is 0 Å². The van der Waals surface area contributed by atoms with Gasteiger partial charge >= 0.3 is 0 Å². The normalized spacial score (nSPS) is 18.6. The van der Waals surface area contributed by atoms with Crippen molar-refractivity contribution in [2.24, 2.45) is 5.92 Å². The van der Waals surface area contributed by atoms with Crippen molar-refractivity contribution in [1.29, 1.82) is 0 Å². The molecule has 0 aromatic carbocycles. The van der Waals surface area contributed by atoms with Crippen LogP contribution in [0.2, 0.25) is 0 Å². The Hall–Kier alpha value is -1.50. The van der Waals surface area contributed by atoms with Crippen molar-refractivity contribution in [1.82, 2.24) is 15.1 Å². The number of likely N-dealkylation sites (tertiary alicyclic amines) is 1. The molecular weight excluding hydrogens is 276 g/mol. The van der Waals surface area contributed by atoms with Crippen LogP contribution in [-0.2, 0) is 16.0 Å². The second-order valence-corrected chi connectivity index (χ2v) is 6.00. The summed E-state index contributed by atoms with van der Waals surface area (Å²) in [5, 5.41) is 12.1. The minimum Gasteiger partial charge on any atom is -0.342 e. The van der Waals surface area contributed by atoms with E-state index in [0.29, 0.717) is 18.1 Å². The number of amides is 2. The molecule has 2 rings (SSSR count). The van der Waals surface area contributed by atoms with E-state index in [1.54, 1.807) is 4.90 Å². The molecule has 1 atom stereocenters. The van der Waals surface area contributed by atoms with Gasteiger partial charge in [0.05, 0.1) is 5.92 Å². The highest BCUT2D eigenvalue weighted by Gasteiger charge is 2.34. The highest BCUT2D eigenvalue weighted by molar-refractivity contribution is 7.15. The number of anilines is 1. The second-order valence-electron chi connectivity index (χ2n) is 4.94. The lowest BCUT2D eigenvalue weighted by Gasteiger charge is -2.15. The number of hydrogen-bond acceptors (Lipinski definition) is 5. The van der Waals surface area contributed by atoms with E-state index in [-0.39, 0.29) is 17.7 Å². The quantitative estimate of drug-likeness (QED) is 0.866. The predicted molar refractivity (Wildman–Crippen MR) is 77.5 cm³/mol. The molecule has 0 bridgehead atoms. The van der Waals surface area contributed by atoms with Gasteiger partial charge in [-0.25, -0.2) is 0 Å². The van der Waals surface area contributed by atoms with Gasteiger partial charge in [-0.2, -0.15) is 0 Å². The standard InChI is InChI=1S/C13H20N4O2S/c1-3-5-6-17-8-9(7-11(17)18)12(19)14-13-16-15-10(4-2)20-13/h9H,3-8H2,1-2H3,(H,14,16,19)/t9-/m0/s1. The van der Waals surface area contributed by atoms with Gasteiger partial charge in [0, 0.05) is 19.5 Å². The van der Waals surface area contributed by atoms with Crippen LogP contribution in [0, 0.1) is 5.92 Å². The van der Waals surface area contributed by atoms with Crippen LogP contribution in [0.4, 0.5) is 5.13 Å². The van der Waals surface area contributed by atoms with Crippen molar-refractivity contribution >= 4 is 28.3 Å². The molecule has 0 unspecified atom stereocenters. The number of aryl methyl sites for hydroxylation is 1. The van der Waals surface area contributed by atoms with Gasteiger partial charge in [0.1, 0.15) is 5.01 Å². The summed E-state index contributed by atoms with van der Waals surface area (Å²) in [6.07, 6.45) is 3.14. The summed E-state index contributed by atoms with van der Waals surface area (Å²) in [6, 6.07) is 0. The average Bonchev–Trinajstić information content (AvgIpc) is 3.03. The fraction of sp³-hybridized carbons (Fsp3) is 0.692. The maximum Gasteiger partial charge on any atom is 0.231 e. The van der Waals surface area contributed by atoms with E-state index in [4.69, 9.17) is 0 Å². The number of carbonyl (C=O) groups excluding carboxylic acids is 2. The van der Waals surface area contributed by atoms with Crippen molar-refractivity contribution in [2.75, 3.05) is 18.4 Å². The van der Waals surface area contributed by atoms with Crippen molar-refractivity contribution in [3.05, 3.63) is 5.01 Å². The smallest absolute Gasteiger partial charge is 0.231 e. The lowest BCUT2D eigenvalue weighted by atomic mass is 10.1. The molecule has 1 saturated heterocycles. The number of unbranched alkanes of at least 4 members (excludes halogenated alkanes) is 1. The van der Waals surface area contributed by atoms with Gasteiger partial charge in [-0.1, -0.05) is 31.6 Å². The van der Waals surface area contributed by atoms with Gasteiger partial charge < -0.3 is 10.2 Å². The van der Waals surface area contributed by atoms with Crippen LogP contribution in [-0.4, -0.2) is 40.0 Å². The molecule has 1 fully saturated rings. The summed E-state index contributed by atoms with van der Waals surface area (Å²) in [5.41, 5.74) is 0. The molecule has 1 aromatic rings. The van der Waals surface area contributed by atoms with E-state index in [9.17, 15) is 9.59 Å². The van der Waals surface area contributed by atoms with Crippen LogP contribution in [0.25, 0.3) is 0 Å². The van der Waals surface area contributed by atoms with Crippen LogP contribution in [0.5, 0.6) is 0 Å². The minimum atomic E-state index is -0.270. The van der Waals surface area contributed by atoms with E-state index in [2.05, 4.69) is 22.4 Å². The van der Waals surface area contributed by atoms with Crippen molar-refractivity contribution in [2.45, 2.75) is 39.5 Å². The first-order valence-electron chi connectivity index (χ1n) is 7.05. The molecule has 1 aliphatic rings. The summed E-state index contributed by atoms with van der Waals surface area (Å²) in [4.78, 5) is 25.7. The van der Waals surface area contributed by atoms with Gasteiger partial charge in [-0.05, 0) is 12.8 Å². The van der Waals surface area contributed by atoms with E-state index in [0.717, 1.165) is 30.8 Å². The van der Waals surface area contributed by atoms with Crippen LogP contribution in [0.3, 0.4) is 0 Å². The molecule has 7 heteroatoms. The fourth-order valence-electron chi connectivity index (χ4n) is 2.17. The largest absolute Gasteiger partial charge is 0.342 e. The summed E-state index contributed by atoms with van der Waals surface area (Å²) in [5.74, 6) is -0.324. The number of hydrogen-bond donors (Lipinski definition) is 1. The molecule has 0 saturated carbocycles. The Bertz CT molecular complexity index is 488. The Morgan fingerprint density at radius 3 is 2.90 bits per heavy atom. The van der Waals surface area contributed by atoms with Gasteiger partial charge in [0.2, 0.25) is 16.9 Å². The molecule has 2 amide bonds. The van der Waals surface area contributed by atoms with Gasteiger partial charge in [-0.3, -0.25) is 9.59 Å². The Balaban J connectivity index is 1.88. The zero-order valence-corrected chi connectivity index (χ0v) is 12.7. The first kappa shape index (κ1) is 14.9. The van der Waals surface area contributed by atoms with E-state index in [1.165, 1.54) is 11.3 Å². The van der Waals surface area contributed by atoms with E-state index >= 15 is 0 Å². The molecule has 6 nitrogen and oxygen atoms in total. The molecule has 1 aromatic heterocycles. The highest BCUT2D eigenvalue weighted by Crippen LogP contribution is 2.22. The Morgan fingerprint density at radius 2 is 2.25 bits per heavy atom. The van der Waals surface area contributed by atoms with Gasteiger partial charge in [-0.15, -0.1) is 10.2 Å². The summed E-state index contributed by atoms with van der Waals surface area (Å²) >= 11 is 1.38. The topological polar surface area (TPSA) is 75.2 Å². The van der Waals surface area contributed by atoms with Crippen molar-refractivity contribution in [3.63, 3.8) is 0 Å². The monoisotopic (exact) mass is 296 g/mol. The average molecular weight is 296 g/mol. The number of nitrogens with zero attached hydrogens (tertiary/aromatic N) is 3. The second kappa shape index (κ2) is 6.78. The molecule has 20 heavy (non-hydrogen) atoms. The zero-order chi connectivity index (χ0) is 14.5. The maximum absolute atomic E-state index is 12.1. The van der Waals surface area contributed by atoms with Crippen LogP contribution < -0.4 is 5.32 Å². The maximum atomic E-state index is 12.1. The SMILES string of the molecule is CCCCN1C[C@@H](C(=O)Nc2nnc(CC)s2)CC1=O.